The molecule has 2 aromatic carbocycles. The van der Waals surface area contributed by atoms with Crippen molar-refractivity contribution in [3.63, 3.8) is 0 Å². The van der Waals surface area contributed by atoms with Crippen molar-refractivity contribution >= 4 is 6.08 Å². The zero-order valence-electron chi connectivity index (χ0n) is 17.6. The van der Waals surface area contributed by atoms with Gasteiger partial charge < -0.3 is 0 Å². The minimum atomic E-state index is 0.552. The molecule has 2 aromatic rings. The molecule has 0 fully saturated rings. The Hall–Kier alpha value is -1.82. The summed E-state index contributed by atoms with van der Waals surface area (Å²) in [6.07, 6.45) is 4.81. The number of fused-ring (bicyclic) bond motifs is 1. The first kappa shape index (κ1) is 19.0. The van der Waals surface area contributed by atoms with E-state index in [9.17, 15) is 0 Å². The molecule has 0 nitrogen and oxygen atoms in total. The smallest absolute Gasteiger partial charge is 0.00575 e. The highest BCUT2D eigenvalue weighted by Crippen LogP contribution is 2.39. The van der Waals surface area contributed by atoms with Gasteiger partial charge in [0.05, 0.1) is 0 Å². The molecule has 3 rings (SSSR count). The molecule has 138 valence electrons. The van der Waals surface area contributed by atoms with E-state index >= 15 is 0 Å². The van der Waals surface area contributed by atoms with Crippen LogP contribution in [0.2, 0.25) is 0 Å². The second-order valence-electron chi connectivity index (χ2n) is 9.11. The molecule has 0 aromatic heterocycles. The van der Waals surface area contributed by atoms with Crippen LogP contribution in [-0.2, 0) is 6.42 Å². The summed E-state index contributed by atoms with van der Waals surface area (Å²) in [5.41, 5.74) is 11.7. The molecule has 0 atom stereocenters. The summed E-state index contributed by atoms with van der Waals surface area (Å²) < 4.78 is 0. The molecule has 0 saturated heterocycles. The number of benzene rings is 2. The maximum atomic E-state index is 2.48. The Kier molecular flexibility index (Phi) is 5.42. The van der Waals surface area contributed by atoms with E-state index in [1.165, 1.54) is 45.4 Å². The summed E-state index contributed by atoms with van der Waals surface area (Å²) in [4.78, 5) is 0. The van der Waals surface area contributed by atoms with Gasteiger partial charge in [0.1, 0.15) is 0 Å². The first-order valence-corrected chi connectivity index (χ1v) is 10.2. The molecule has 0 saturated carbocycles. The number of allylic oxidation sites excluding steroid dienone is 1. The molecule has 0 bridgehead atoms. The van der Waals surface area contributed by atoms with Gasteiger partial charge in [0.2, 0.25) is 0 Å². The minimum Gasteiger partial charge on any atom is -0.0649 e. The van der Waals surface area contributed by atoms with Gasteiger partial charge in [-0.1, -0.05) is 83.5 Å². The predicted molar refractivity (Wildman–Crippen MR) is 116 cm³/mol. The average molecular weight is 347 g/mol. The highest BCUT2D eigenvalue weighted by molar-refractivity contribution is 5.83. The second kappa shape index (κ2) is 7.43. The number of hydrogen-bond acceptors (Lipinski definition) is 0. The molecule has 0 heteroatoms. The van der Waals surface area contributed by atoms with E-state index in [4.69, 9.17) is 0 Å². The highest BCUT2D eigenvalue weighted by atomic mass is 14.2. The third-order valence-corrected chi connectivity index (χ3v) is 5.58. The highest BCUT2D eigenvalue weighted by Gasteiger charge is 2.20. The monoisotopic (exact) mass is 346 g/mol. The van der Waals surface area contributed by atoms with Gasteiger partial charge in [-0.2, -0.15) is 0 Å². The summed E-state index contributed by atoms with van der Waals surface area (Å²) >= 11 is 0. The Morgan fingerprint density at radius 2 is 1.46 bits per heavy atom. The number of aryl methyl sites for hydroxylation is 1. The normalized spacial score (nSPS) is 13.7. The van der Waals surface area contributed by atoms with Gasteiger partial charge in [0.15, 0.2) is 0 Å². The fraction of sp³-hybridized carbons (Fsp3) is 0.462. The van der Waals surface area contributed by atoms with E-state index in [1.807, 2.05) is 0 Å². The van der Waals surface area contributed by atoms with Crippen LogP contribution in [0.4, 0.5) is 0 Å². The fourth-order valence-electron chi connectivity index (χ4n) is 4.12. The fourth-order valence-corrected chi connectivity index (χ4v) is 4.12. The molecule has 1 aliphatic carbocycles. The molecule has 0 aliphatic heterocycles. The summed E-state index contributed by atoms with van der Waals surface area (Å²) in [5, 5.41) is 0. The molecular formula is C26H34. The molecule has 26 heavy (non-hydrogen) atoms. The summed E-state index contributed by atoms with van der Waals surface area (Å²) in [6, 6.07) is 11.9. The lowest BCUT2D eigenvalue weighted by atomic mass is 9.87. The Balaban J connectivity index is 2.17. The molecule has 1 aliphatic rings. The Labute approximate surface area is 160 Å². The lowest BCUT2D eigenvalue weighted by molar-refractivity contribution is 0.638. The summed E-state index contributed by atoms with van der Waals surface area (Å²) in [5.74, 6) is 1.82. The van der Waals surface area contributed by atoms with Crippen molar-refractivity contribution in [2.75, 3.05) is 0 Å². The van der Waals surface area contributed by atoms with Gasteiger partial charge in [-0.3, -0.25) is 0 Å². The van der Waals surface area contributed by atoms with E-state index in [-0.39, 0.29) is 0 Å². The Morgan fingerprint density at radius 3 is 2.00 bits per heavy atom. The molecule has 0 unspecified atom stereocenters. The zero-order chi connectivity index (χ0) is 19.0. The van der Waals surface area contributed by atoms with E-state index in [0.717, 1.165) is 12.3 Å². The maximum Gasteiger partial charge on any atom is -0.00575 e. The first-order valence-electron chi connectivity index (χ1n) is 10.2. The van der Waals surface area contributed by atoms with Gasteiger partial charge in [-0.15, -0.1) is 0 Å². The van der Waals surface area contributed by atoms with Crippen molar-refractivity contribution in [2.24, 2.45) is 5.92 Å². The number of rotatable bonds is 5. The largest absolute Gasteiger partial charge is 0.0649 e. The Bertz CT molecular complexity index is 805. The van der Waals surface area contributed by atoms with Gasteiger partial charge in [-0.25, -0.2) is 0 Å². The van der Waals surface area contributed by atoms with Crippen LogP contribution >= 0.6 is 0 Å². The van der Waals surface area contributed by atoms with Gasteiger partial charge >= 0.3 is 0 Å². The van der Waals surface area contributed by atoms with Crippen molar-refractivity contribution in [3.05, 3.63) is 63.7 Å². The lowest BCUT2D eigenvalue weighted by Crippen LogP contribution is -1.98. The summed E-state index contributed by atoms with van der Waals surface area (Å²) in [6.45, 7) is 16.1. The lowest BCUT2D eigenvalue weighted by Gasteiger charge is -2.18. The topological polar surface area (TPSA) is 0 Å². The van der Waals surface area contributed by atoms with Crippen LogP contribution in [0.5, 0.6) is 0 Å². The zero-order valence-corrected chi connectivity index (χ0v) is 17.6. The van der Waals surface area contributed by atoms with Crippen LogP contribution in [0.25, 0.3) is 17.2 Å². The first-order chi connectivity index (χ1) is 12.3. The van der Waals surface area contributed by atoms with Gasteiger partial charge in [-0.05, 0) is 76.5 Å². The number of hydrogen-bond donors (Lipinski definition) is 0. The average Bonchev–Trinajstić information content (AvgIpc) is 2.95. The van der Waals surface area contributed by atoms with Crippen LogP contribution in [-0.4, -0.2) is 0 Å². The predicted octanol–water partition coefficient (Wildman–Crippen LogP) is 7.89. The van der Waals surface area contributed by atoms with E-state index in [0.29, 0.717) is 11.8 Å². The second-order valence-corrected chi connectivity index (χ2v) is 9.11. The van der Waals surface area contributed by atoms with E-state index in [2.05, 4.69) is 84.9 Å². The maximum absolute atomic E-state index is 2.48. The van der Waals surface area contributed by atoms with E-state index < -0.39 is 0 Å². The van der Waals surface area contributed by atoms with Crippen molar-refractivity contribution < 1.29 is 0 Å². The third kappa shape index (κ3) is 3.80. The van der Waals surface area contributed by atoms with Crippen LogP contribution in [0.15, 0.2) is 35.9 Å². The molecule has 0 N–H and O–H groups in total. The summed E-state index contributed by atoms with van der Waals surface area (Å²) in [7, 11) is 0. The van der Waals surface area contributed by atoms with Crippen molar-refractivity contribution in [1.82, 2.24) is 0 Å². The van der Waals surface area contributed by atoms with Crippen LogP contribution < -0.4 is 0 Å². The van der Waals surface area contributed by atoms with Crippen LogP contribution in [0.1, 0.15) is 87.6 Å². The third-order valence-electron chi connectivity index (χ3n) is 5.58. The van der Waals surface area contributed by atoms with Crippen molar-refractivity contribution in [1.29, 1.82) is 0 Å². The molecule has 0 radical (unpaired) electrons. The van der Waals surface area contributed by atoms with E-state index in [1.54, 1.807) is 5.57 Å². The standard InChI is InChI=1S/C26H34/c1-16(2)10-20-11-21-9-8-19(7)26(25(21)12-20)24-14-22(17(3)4)13-23(15-24)18(5)6/h8-9,12-18H,10-11H2,1-7H3. The molecule has 0 amide bonds. The molecule has 0 heterocycles. The minimum absolute atomic E-state index is 0.552. The van der Waals surface area contributed by atoms with Gasteiger partial charge in [0, 0.05) is 0 Å². The van der Waals surface area contributed by atoms with Crippen molar-refractivity contribution in [2.45, 2.75) is 73.1 Å². The Morgan fingerprint density at radius 1 is 0.846 bits per heavy atom. The molecule has 0 spiro atoms. The quantitative estimate of drug-likeness (QED) is 0.516. The van der Waals surface area contributed by atoms with Crippen LogP contribution in [0.3, 0.4) is 0 Å². The SMILES string of the molecule is Cc1ccc2c(c1-c1cc(C(C)C)cc(C(C)C)c1)C=C(CC(C)C)C2. The van der Waals surface area contributed by atoms with Crippen LogP contribution in [0, 0.1) is 12.8 Å². The van der Waals surface area contributed by atoms with Crippen molar-refractivity contribution in [3.8, 4) is 11.1 Å². The van der Waals surface area contributed by atoms with Gasteiger partial charge in [0.25, 0.3) is 0 Å². The molecular weight excluding hydrogens is 312 g/mol.